The smallest absolute Gasteiger partial charge is 0.309 e. The molecule has 0 heterocycles. The molecule has 3 aliphatic rings. The van der Waals surface area contributed by atoms with Gasteiger partial charge >= 0.3 is 5.97 Å². The van der Waals surface area contributed by atoms with Crippen molar-refractivity contribution in [3.05, 3.63) is 0 Å². The monoisotopic (exact) mass is 320 g/mol. The molecule has 0 spiro atoms. The number of hydrogen-bond acceptors (Lipinski definition) is 1. The van der Waals surface area contributed by atoms with Gasteiger partial charge in [-0.3, -0.25) is 4.79 Å². The Hall–Kier alpha value is -0.530. The minimum atomic E-state index is -0.546. The SMILES string of the molecule is CC(C)C1CCC2C(C1)C(C)CC1C(C)(C(=O)O)CCCC21C. The first-order valence-corrected chi connectivity index (χ1v) is 9.93. The summed E-state index contributed by atoms with van der Waals surface area (Å²) in [6.07, 6.45) is 8.43. The van der Waals surface area contributed by atoms with Crippen LogP contribution in [0.2, 0.25) is 0 Å². The fraction of sp³-hybridized carbons (Fsp3) is 0.952. The molecule has 0 aromatic heterocycles. The first-order valence-electron chi connectivity index (χ1n) is 9.93. The maximum atomic E-state index is 12.1. The number of hydrogen-bond donors (Lipinski definition) is 1. The molecule has 3 rings (SSSR count). The highest BCUT2D eigenvalue weighted by Gasteiger charge is 2.60. The molecular weight excluding hydrogens is 284 g/mol. The standard InChI is InChI=1S/C21H36O2/c1-13(2)15-7-8-17-16(12-15)14(3)11-18-20(17,4)9-6-10-21(18,5)19(22)23/h13-18H,6-12H2,1-5H3,(H,22,23). The van der Waals surface area contributed by atoms with Gasteiger partial charge < -0.3 is 5.11 Å². The van der Waals surface area contributed by atoms with E-state index in [-0.39, 0.29) is 5.41 Å². The number of rotatable bonds is 2. The van der Waals surface area contributed by atoms with E-state index in [1.54, 1.807) is 0 Å². The van der Waals surface area contributed by atoms with Crippen LogP contribution in [0.4, 0.5) is 0 Å². The van der Waals surface area contributed by atoms with Gasteiger partial charge in [0.2, 0.25) is 0 Å². The molecule has 3 fully saturated rings. The van der Waals surface area contributed by atoms with Crippen LogP contribution in [0, 0.1) is 46.3 Å². The molecule has 1 N–H and O–H groups in total. The minimum absolute atomic E-state index is 0.254. The maximum Gasteiger partial charge on any atom is 0.309 e. The Morgan fingerprint density at radius 2 is 1.83 bits per heavy atom. The van der Waals surface area contributed by atoms with Gasteiger partial charge in [0.05, 0.1) is 5.41 Å². The zero-order valence-electron chi connectivity index (χ0n) is 15.8. The number of carboxylic acid groups (broad SMARTS) is 1. The summed E-state index contributed by atoms with van der Waals surface area (Å²) in [6.45, 7) is 11.7. The van der Waals surface area contributed by atoms with E-state index in [0.717, 1.165) is 42.9 Å². The largest absolute Gasteiger partial charge is 0.481 e. The van der Waals surface area contributed by atoms with Crippen LogP contribution in [0.3, 0.4) is 0 Å². The van der Waals surface area contributed by atoms with Crippen molar-refractivity contribution in [2.45, 2.75) is 79.6 Å². The van der Waals surface area contributed by atoms with Crippen molar-refractivity contribution in [1.29, 1.82) is 0 Å². The van der Waals surface area contributed by atoms with Gasteiger partial charge in [0.15, 0.2) is 0 Å². The molecule has 2 heteroatoms. The zero-order chi connectivity index (χ0) is 17.0. The molecule has 0 radical (unpaired) electrons. The van der Waals surface area contributed by atoms with Crippen LogP contribution >= 0.6 is 0 Å². The second kappa shape index (κ2) is 5.77. The van der Waals surface area contributed by atoms with Gasteiger partial charge in [0, 0.05) is 0 Å². The highest BCUT2D eigenvalue weighted by molar-refractivity contribution is 5.75. The lowest BCUT2D eigenvalue weighted by Crippen LogP contribution is -2.57. The molecule has 7 unspecified atom stereocenters. The highest BCUT2D eigenvalue weighted by Crippen LogP contribution is 2.65. The second-order valence-electron chi connectivity index (χ2n) is 9.94. The van der Waals surface area contributed by atoms with Gasteiger partial charge in [-0.15, -0.1) is 0 Å². The Bertz CT molecular complexity index is 470. The van der Waals surface area contributed by atoms with Crippen molar-refractivity contribution < 1.29 is 9.90 Å². The average molecular weight is 321 g/mol. The topological polar surface area (TPSA) is 37.3 Å². The molecule has 132 valence electrons. The molecular formula is C21H36O2. The first kappa shape index (κ1) is 17.3. The molecule has 0 saturated heterocycles. The van der Waals surface area contributed by atoms with Crippen LogP contribution in [0.5, 0.6) is 0 Å². The van der Waals surface area contributed by atoms with Crippen molar-refractivity contribution in [3.8, 4) is 0 Å². The second-order valence-corrected chi connectivity index (χ2v) is 9.94. The summed E-state index contributed by atoms with van der Waals surface area (Å²) in [5, 5.41) is 9.95. The predicted molar refractivity (Wildman–Crippen MR) is 94.1 cm³/mol. The Kier molecular flexibility index (Phi) is 4.34. The molecule has 3 saturated carbocycles. The van der Waals surface area contributed by atoms with Gasteiger partial charge in [-0.05, 0) is 86.4 Å². The van der Waals surface area contributed by atoms with E-state index in [0.29, 0.717) is 11.8 Å². The lowest BCUT2D eigenvalue weighted by Gasteiger charge is -2.62. The molecule has 7 atom stereocenters. The predicted octanol–water partition coefficient (Wildman–Crippen LogP) is 5.61. The lowest BCUT2D eigenvalue weighted by molar-refractivity contribution is -0.178. The van der Waals surface area contributed by atoms with Crippen LogP contribution in [0.25, 0.3) is 0 Å². The summed E-state index contributed by atoms with van der Waals surface area (Å²) in [5.41, 5.74) is -0.244. The third-order valence-corrected chi connectivity index (χ3v) is 8.53. The third-order valence-electron chi connectivity index (χ3n) is 8.53. The summed E-state index contributed by atoms with van der Waals surface area (Å²) < 4.78 is 0. The van der Waals surface area contributed by atoms with Gasteiger partial charge in [0.1, 0.15) is 0 Å². The Labute approximate surface area is 142 Å². The fourth-order valence-corrected chi connectivity index (χ4v) is 6.98. The maximum absolute atomic E-state index is 12.1. The van der Waals surface area contributed by atoms with Crippen molar-refractivity contribution in [2.24, 2.45) is 46.3 Å². The Balaban J connectivity index is 1.92. The average Bonchev–Trinajstić information content (AvgIpc) is 2.49. The fourth-order valence-electron chi connectivity index (χ4n) is 6.98. The molecule has 0 aromatic rings. The van der Waals surface area contributed by atoms with Crippen LogP contribution in [-0.2, 0) is 4.79 Å². The van der Waals surface area contributed by atoms with E-state index in [2.05, 4.69) is 27.7 Å². The van der Waals surface area contributed by atoms with E-state index >= 15 is 0 Å². The third kappa shape index (κ3) is 2.55. The number of carboxylic acids is 1. The molecule has 2 nitrogen and oxygen atoms in total. The van der Waals surface area contributed by atoms with Crippen molar-refractivity contribution in [2.75, 3.05) is 0 Å². The Morgan fingerprint density at radius 1 is 1.13 bits per heavy atom. The van der Waals surface area contributed by atoms with E-state index in [1.807, 2.05) is 6.92 Å². The summed E-state index contributed by atoms with van der Waals surface area (Å²) in [7, 11) is 0. The van der Waals surface area contributed by atoms with Crippen molar-refractivity contribution >= 4 is 5.97 Å². The van der Waals surface area contributed by atoms with Crippen LogP contribution in [-0.4, -0.2) is 11.1 Å². The molecule has 0 aromatic carbocycles. The van der Waals surface area contributed by atoms with Crippen LogP contribution in [0.15, 0.2) is 0 Å². The van der Waals surface area contributed by atoms with E-state index in [9.17, 15) is 9.90 Å². The number of fused-ring (bicyclic) bond motifs is 3. The quantitative estimate of drug-likeness (QED) is 0.717. The summed E-state index contributed by atoms with van der Waals surface area (Å²) in [6, 6.07) is 0. The van der Waals surface area contributed by atoms with E-state index in [1.165, 1.54) is 25.7 Å². The highest BCUT2D eigenvalue weighted by atomic mass is 16.4. The van der Waals surface area contributed by atoms with E-state index < -0.39 is 11.4 Å². The summed E-state index contributed by atoms with van der Waals surface area (Å²) in [4.78, 5) is 12.1. The summed E-state index contributed by atoms with van der Waals surface area (Å²) in [5.74, 6) is 3.77. The van der Waals surface area contributed by atoms with Crippen molar-refractivity contribution in [1.82, 2.24) is 0 Å². The lowest BCUT2D eigenvalue weighted by atomic mass is 9.42. The van der Waals surface area contributed by atoms with Gasteiger partial charge in [-0.25, -0.2) is 0 Å². The number of aliphatic carboxylic acids is 1. The summed E-state index contributed by atoms with van der Waals surface area (Å²) >= 11 is 0. The molecule has 0 bridgehead atoms. The van der Waals surface area contributed by atoms with Crippen molar-refractivity contribution in [3.63, 3.8) is 0 Å². The van der Waals surface area contributed by atoms with E-state index in [4.69, 9.17) is 0 Å². The van der Waals surface area contributed by atoms with Gasteiger partial charge in [-0.2, -0.15) is 0 Å². The number of carbonyl (C=O) groups is 1. The van der Waals surface area contributed by atoms with Crippen LogP contribution < -0.4 is 0 Å². The minimum Gasteiger partial charge on any atom is -0.481 e. The van der Waals surface area contributed by atoms with Gasteiger partial charge in [0.25, 0.3) is 0 Å². The van der Waals surface area contributed by atoms with Gasteiger partial charge in [-0.1, -0.05) is 34.1 Å². The van der Waals surface area contributed by atoms with Crippen LogP contribution in [0.1, 0.15) is 79.6 Å². The normalized spacial score (nSPS) is 50.3. The molecule has 23 heavy (non-hydrogen) atoms. The zero-order valence-corrected chi connectivity index (χ0v) is 15.8. The Morgan fingerprint density at radius 3 is 2.43 bits per heavy atom. The first-order chi connectivity index (χ1) is 10.7. The molecule has 3 aliphatic carbocycles. The molecule has 0 aliphatic heterocycles. The molecule has 0 amide bonds.